The predicted molar refractivity (Wildman–Crippen MR) is 68.5 cm³/mol. The standard InChI is InChI=1S/C13H18ClFN2/c14-12-5-3-6-13(15)11(12)9-17-7-2-1-4-10(17)8-16/h3,5-6,10H,1-2,4,7-9,16H2. The number of hydrogen-bond donors (Lipinski definition) is 1. The van der Waals surface area contributed by atoms with E-state index in [2.05, 4.69) is 4.90 Å². The summed E-state index contributed by atoms with van der Waals surface area (Å²) in [6.45, 7) is 2.17. The molecule has 1 aliphatic rings. The van der Waals surface area contributed by atoms with Crippen LogP contribution in [0.15, 0.2) is 18.2 Å². The highest BCUT2D eigenvalue weighted by Crippen LogP contribution is 2.24. The Morgan fingerprint density at radius 3 is 2.94 bits per heavy atom. The van der Waals surface area contributed by atoms with Crippen LogP contribution in [0.25, 0.3) is 0 Å². The average Bonchev–Trinajstić information content (AvgIpc) is 2.34. The fourth-order valence-corrected chi connectivity index (χ4v) is 2.64. The number of rotatable bonds is 3. The van der Waals surface area contributed by atoms with Gasteiger partial charge < -0.3 is 5.73 Å². The molecule has 4 heteroatoms. The Kier molecular flexibility index (Phi) is 4.37. The zero-order chi connectivity index (χ0) is 12.3. The van der Waals surface area contributed by atoms with Gasteiger partial charge in [0.05, 0.1) is 0 Å². The van der Waals surface area contributed by atoms with Crippen LogP contribution in [-0.4, -0.2) is 24.0 Å². The van der Waals surface area contributed by atoms with Crippen LogP contribution < -0.4 is 5.73 Å². The van der Waals surface area contributed by atoms with Crippen LogP contribution >= 0.6 is 11.6 Å². The third-order valence-corrected chi connectivity index (χ3v) is 3.80. The highest BCUT2D eigenvalue weighted by molar-refractivity contribution is 6.31. The van der Waals surface area contributed by atoms with Crippen molar-refractivity contribution in [3.63, 3.8) is 0 Å². The Morgan fingerprint density at radius 2 is 2.24 bits per heavy atom. The van der Waals surface area contributed by atoms with Crippen molar-refractivity contribution >= 4 is 11.6 Å². The topological polar surface area (TPSA) is 29.3 Å². The SMILES string of the molecule is NCC1CCCCN1Cc1c(F)cccc1Cl. The van der Waals surface area contributed by atoms with E-state index in [4.69, 9.17) is 17.3 Å². The summed E-state index contributed by atoms with van der Waals surface area (Å²) < 4.78 is 13.7. The summed E-state index contributed by atoms with van der Waals surface area (Å²) in [6.07, 6.45) is 3.47. The molecule has 2 rings (SSSR count). The van der Waals surface area contributed by atoms with Crippen molar-refractivity contribution < 1.29 is 4.39 Å². The molecule has 0 aliphatic carbocycles. The van der Waals surface area contributed by atoms with Gasteiger partial charge in [-0.25, -0.2) is 4.39 Å². The second-order valence-electron chi connectivity index (χ2n) is 4.56. The zero-order valence-corrected chi connectivity index (χ0v) is 10.6. The van der Waals surface area contributed by atoms with Crippen LogP contribution in [0.1, 0.15) is 24.8 Å². The van der Waals surface area contributed by atoms with Crippen molar-refractivity contribution in [1.29, 1.82) is 0 Å². The Balaban J connectivity index is 2.13. The molecule has 1 fully saturated rings. The minimum atomic E-state index is -0.223. The highest BCUT2D eigenvalue weighted by Gasteiger charge is 2.22. The first kappa shape index (κ1) is 12.8. The predicted octanol–water partition coefficient (Wildman–Crippen LogP) is 2.79. The average molecular weight is 257 g/mol. The third kappa shape index (κ3) is 2.97. The maximum absolute atomic E-state index is 13.7. The van der Waals surface area contributed by atoms with Crippen molar-refractivity contribution in [2.75, 3.05) is 13.1 Å². The van der Waals surface area contributed by atoms with Crippen molar-refractivity contribution in [2.45, 2.75) is 31.8 Å². The van der Waals surface area contributed by atoms with E-state index in [0.717, 1.165) is 19.4 Å². The van der Waals surface area contributed by atoms with Gasteiger partial charge in [0, 0.05) is 29.7 Å². The quantitative estimate of drug-likeness (QED) is 0.901. The lowest BCUT2D eigenvalue weighted by atomic mass is 10.0. The lowest BCUT2D eigenvalue weighted by Gasteiger charge is -2.35. The van der Waals surface area contributed by atoms with E-state index in [1.165, 1.54) is 12.5 Å². The molecule has 0 amide bonds. The molecule has 1 heterocycles. The number of likely N-dealkylation sites (tertiary alicyclic amines) is 1. The summed E-state index contributed by atoms with van der Waals surface area (Å²) in [6, 6.07) is 5.20. The van der Waals surface area contributed by atoms with Gasteiger partial charge in [0.1, 0.15) is 5.82 Å². The zero-order valence-electron chi connectivity index (χ0n) is 9.83. The molecule has 0 aromatic heterocycles. The molecule has 1 saturated heterocycles. The number of nitrogens with two attached hydrogens (primary N) is 1. The molecular formula is C13H18ClFN2. The minimum absolute atomic E-state index is 0.223. The number of benzene rings is 1. The second kappa shape index (κ2) is 5.80. The van der Waals surface area contributed by atoms with Gasteiger partial charge in [0.25, 0.3) is 0 Å². The van der Waals surface area contributed by atoms with Gasteiger partial charge in [-0.1, -0.05) is 24.1 Å². The highest BCUT2D eigenvalue weighted by atomic mass is 35.5. The first-order chi connectivity index (χ1) is 8.22. The summed E-state index contributed by atoms with van der Waals surface area (Å²) in [4.78, 5) is 2.24. The molecule has 1 aromatic rings. The molecule has 2 N–H and O–H groups in total. The van der Waals surface area contributed by atoms with Crippen LogP contribution in [-0.2, 0) is 6.54 Å². The van der Waals surface area contributed by atoms with Gasteiger partial charge in [0.15, 0.2) is 0 Å². The normalized spacial score (nSPS) is 21.7. The molecule has 0 saturated carbocycles. The minimum Gasteiger partial charge on any atom is -0.329 e. The van der Waals surface area contributed by atoms with E-state index in [1.54, 1.807) is 12.1 Å². The summed E-state index contributed by atoms with van der Waals surface area (Å²) in [7, 11) is 0. The molecule has 0 radical (unpaired) electrons. The molecule has 0 bridgehead atoms. The molecule has 0 spiro atoms. The number of nitrogens with zero attached hydrogens (tertiary/aromatic N) is 1. The monoisotopic (exact) mass is 256 g/mol. The van der Waals surface area contributed by atoms with E-state index in [1.807, 2.05) is 0 Å². The first-order valence-electron chi connectivity index (χ1n) is 6.09. The molecule has 1 unspecified atom stereocenters. The lowest BCUT2D eigenvalue weighted by Crippen LogP contribution is -2.43. The number of piperidine rings is 1. The smallest absolute Gasteiger partial charge is 0.129 e. The summed E-state index contributed by atoms with van der Waals surface area (Å²) in [5, 5.41) is 0.506. The molecule has 1 aliphatic heterocycles. The van der Waals surface area contributed by atoms with Gasteiger partial charge in [-0.05, 0) is 31.5 Å². The maximum atomic E-state index is 13.7. The molecule has 2 nitrogen and oxygen atoms in total. The van der Waals surface area contributed by atoms with Crippen LogP contribution in [0.5, 0.6) is 0 Å². The molecule has 17 heavy (non-hydrogen) atoms. The van der Waals surface area contributed by atoms with E-state index >= 15 is 0 Å². The summed E-state index contributed by atoms with van der Waals surface area (Å²) in [5.41, 5.74) is 6.35. The van der Waals surface area contributed by atoms with Crippen LogP contribution in [0, 0.1) is 5.82 Å². The van der Waals surface area contributed by atoms with Crippen LogP contribution in [0.3, 0.4) is 0 Å². The molecular weight excluding hydrogens is 239 g/mol. The fourth-order valence-electron chi connectivity index (χ4n) is 2.42. The van der Waals surface area contributed by atoms with E-state index in [0.29, 0.717) is 29.7 Å². The second-order valence-corrected chi connectivity index (χ2v) is 4.96. The van der Waals surface area contributed by atoms with Gasteiger partial charge in [-0.15, -0.1) is 0 Å². The summed E-state index contributed by atoms with van der Waals surface area (Å²) in [5.74, 6) is -0.223. The fraction of sp³-hybridized carbons (Fsp3) is 0.538. The van der Waals surface area contributed by atoms with E-state index < -0.39 is 0 Å². The molecule has 1 atom stereocenters. The lowest BCUT2D eigenvalue weighted by molar-refractivity contribution is 0.143. The Morgan fingerprint density at radius 1 is 1.41 bits per heavy atom. The molecule has 94 valence electrons. The van der Waals surface area contributed by atoms with Gasteiger partial charge in [-0.2, -0.15) is 0 Å². The van der Waals surface area contributed by atoms with Gasteiger partial charge >= 0.3 is 0 Å². The Bertz CT molecular complexity index is 363. The maximum Gasteiger partial charge on any atom is 0.129 e. The van der Waals surface area contributed by atoms with E-state index in [-0.39, 0.29) is 5.82 Å². The Labute approximate surface area is 107 Å². The Hall–Kier alpha value is -0.640. The van der Waals surface area contributed by atoms with Crippen LogP contribution in [0.4, 0.5) is 4.39 Å². The van der Waals surface area contributed by atoms with E-state index in [9.17, 15) is 4.39 Å². The van der Waals surface area contributed by atoms with Gasteiger partial charge in [-0.3, -0.25) is 4.90 Å². The van der Waals surface area contributed by atoms with Crippen molar-refractivity contribution in [2.24, 2.45) is 5.73 Å². The number of hydrogen-bond acceptors (Lipinski definition) is 2. The van der Waals surface area contributed by atoms with Crippen molar-refractivity contribution in [3.05, 3.63) is 34.6 Å². The third-order valence-electron chi connectivity index (χ3n) is 3.44. The van der Waals surface area contributed by atoms with Crippen molar-refractivity contribution in [1.82, 2.24) is 4.90 Å². The largest absolute Gasteiger partial charge is 0.329 e. The summed E-state index contributed by atoms with van der Waals surface area (Å²) >= 11 is 6.04. The first-order valence-corrected chi connectivity index (χ1v) is 6.47. The molecule has 1 aromatic carbocycles. The van der Waals surface area contributed by atoms with Crippen molar-refractivity contribution in [3.8, 4) is 0 Å². The number of halogens is 2. The van der Waals surface area contributed by atoms with Gasteiger partial charge in [0.2, 0.25) is 0 Å². The van der Waals surface area contributed by atoms with Crippen LogP contribution in [0.2, 0.25) is 5.02 Å².